The molecule has 0 atom stereocenters. The highest BCUT2D eigenvalue weighted by Gasteiger charge is 2.35. The third-order valence-electron chi connectivity index (χ3n) is 5.01. The lowest BCUT2D eigenvalue weighted by Gasteiger charge is -2.14. The molecular weight excluding hydrogens is 484 g/mol. The molecule has 0 fully saturated rings. The number of benzene rings is 2. The van der Waals surface area contributed by atoms with Gasteiger partial charge in [0.15, 0.2) is 0 Å². The molecule has 0 saturated carbocycles. The van der Waals surface area contributed by atoms with Crippen LogP contribution in [0.15, 0.2) is 65.6 Å². The van der Waals surface area contributed by atoms with Gasteiger partial charge < -0.3 is 0 Å². The maximum absolute atomic E-state index is 13.6. The third-order valence-corrected chi connectivity index (χ3v) is 7.50. The predicted octanol–water partition coefficient (Wildman–Crippen LogP) is 6.50. The minimum Gasteiger partial charge on any atom is -0.248 e. The summed E-state index contributed by atoms with van der Waals surface area (Å²) in [5.41, 5.74) is -0.560. The molecule has 0 spiro atoms. The Morgan fingerprint density at radius 3 is 2.19 bits per heavy atom. The van der Waals surface area contributed by atoms with Crippen LogP contribution in [0, 0.1) is 6.92 Å². The van der Waals surface area contributed by atoms with Crippen LogP contribution in [-0.2, 0) is 22.6 Å². The summed E-state index contributed by atoms with van der Waals surface area (Å²) in [6.45, 7) is 1.41. The SMILES string of the molecule is Cc1nc(C(F)(F)F)cc2c1cc(Cc1c(Cl)cccc1Cl)n2S(=O)(=O)c1ccccc1. The van der Waals surface area contributed by atoms with Crippen molar-refractivity contribution in [2.45, 2.75) is 24.4 Å². The van der Waals surface area contributed by atoms with Gasteiger partial charge in [-0.3, -0.25) is 0 Å². The standard InChI is InChI=1S/C22H15Cl2F3N2O2S/c1-13-16-10-14(11-17-18(23)8-5-9-19(17)24)29(20(16)12-21(28-13)22(25,26)27)32(30,31)15-6-3-2-4-7-15/h2-10,12H,11H2,1H3. The summed E-state index contributed by atoms with van der Waals surface area (Å²) in [4.78, 5) is 3.58. The van der Waals surface area contributed by atoms with Crippen LogP contribution in [0.5, 0.6) is 0 Å². The highest BCUT2D eigenvalue weighted by molar-refractivity contribution is 7.90. The zero-order valence-electron chi connectivity index (χ0n) is 16.5. The van der Waals surface area contributed by atoms with Gasteiger partial charge >= 0.3 is 6.18 Å². The van der Waals surface area contributed by atoms with Crippen molar-refractivity contribution in [2.24, 2.45) is 0 Å². The Morgan fingerprint density at radius 1 is 0.969 bits per heavy atom. The van der Waals surface area contributed by atoms with Crippen LogP contribution in [-0.4, -0.2) is 17.4 Å². The van der Waals surface area contributed by atoms with E-state index >= 15 is 0 Å². The zero-order valence-corrected chi connectivity index (χ0v) is 18.8. The number of rotatable bonds is 4. The Morgan fingerprint density at radius 2 is 1.59 bits per heavy atom. The smallest absolute Gasteiger partial charge is 0.248 e. The number of halogens is 5. The van der Waals surface area contributed by atoms with Gasteiger partial charge in [0.05, 0.1) is 10.4 Å². The van der Waals surface area contributed by atoms with E-state index in [0.717, 1.165) is 10.0 Å². The van der Waals surface area contributed by atoms with E-state index in [-0.39, 0.29) is 33.6 Å². The molecule has 0 radical (unpaired) electrons. The molecule has 0 N–H and O–H groups in total. The van der Waals surface area contributed by atoms with Crippen molar-refractivity contribution in [2.75, 3.05) is 0 Å². The van der Waals surface area contributed by atoms with Gasteiger partial charge in [0.2, 0.25) is 0 Å². The van der Waals surface area contributed by atoms with E-state index in [1.807, 2.05) is 0 Å². The second-order valence-electron chi connectivity index (χ2n) is 7.12. The Hall–Kier alpha value is -2.55. The van der Waals surface area contributed by atoms with Crippen LogP contribution in [0.2, 0.25) is 10.0 Å². The quantitative estimate of drug-likeness (QED) is 0.322. The lowest BCUT2D eigenvalue weighted by atomic mass is 10.1. The average molecular weight is 499 g/mol. The second-order valence-corrected chi connectivity index (χ2v) is 9.72. The number of fused-ring (bicyclic) bond motifs is 1. The first-order valence-electron chi connectivity index (χ1n) is 9.33. The fourth-order valence-corrected chi connectivity index (χ4v) is 5.60. The lowest BCUT2D eigenvalue weighted by Crippen LogP contribution is -2.17. The molecule has 0 unspecified atom stereocenters. The number of hydrogen-bond donors (Lipinski definition) is 0. The maximum Gasteiger partial charge on any atom is 0.433 e. The maximum atomic E-state index is 13.6. The van der Waals surface area contributed by atoms with Crippen molar-refractivity contribution in [3.63, 3.8) is 0 Å². The van der Waals surface area contributed by atoms with Gasteiger partial charge in [-0.2, -0.15) is 13.2 Å². The van der Waals surface area contributed by atoms with E-state index in [4.69, 9.17) is 23.2 Å². The van der Waals surface area contributed by atoms with Gasteiger partial charge in [-0.1, -0.05) is 47.5 Å². The van der Waals surface area contributed by atoms with Crippen molar-refractivity contribution in [1.29, 1.82) is 0 Å². The fourth-order valence-electron chi connectivity index (χ4n) is 3.52. The van der Waals surface area contributed by atoms with Crippen LogP contribution >= 0.6 is 23.2 Å². The number of aryl methyl sites for hydroxylation is 1. The monoisotopic (exact) mass is 498 g/mol. The molecule has 0 aliphatic heterocycles. The molecule has 2 aromatic carbocycles. The van der Waals surface area contributed by atoms with Crippen molar-refractivity contribution >= 4 is 44.1 Å². The van der Waals surface area contributed by atoms with Gasteiger partial charge in [0, 0.05) is 33.2 Å². The van der Waals surface area contributed by atoms with Crippen LogP contribution in [0.25, 0.3) is 10.9 Å². The van der Waals surface area contributed by atoms with Gasteiger partial charge in [-0.25, -0.2) is 17.4 Å². The Bertz CT molecular complexity index is 1410. The van der Waals surface area contributed by atoms with Crippen LogP contribution in [0.3, 0.4) is 0 Å². The minimum absolute atomic E-state index is 0.0138. The van der Waals surface area contributed by atoms with E-state index in [9.17, 15) is 21.6 Å². The number of nitrogens with zero attached hydrogens (tertiary/aromatic N) is 2. The number of aromatic nitrogens is 2. The molecule has 10 heteroatoms. The first-order chi connectivity index (χ1) is 15.0. The van der Waals surface area contributed by atoms with E-state index in [1.54, 1.807) is 24.3 Å². The summed E-state index contributed by atoms with van der Waals surface area (Å²) in [7, 11) is -4.24. The van der Waals surface area contributed by atoms with Gasteiger partial charge in [0.1, 0.15) is 5.69 Å². The number of pyridine rings is 1. The topological polar surface area (TPSA) is 52.0 Å². The van der Waals surface area contributed by atoms with E-state index in [1.165, 1.54) is 37.3 Å². The predicted molar refractivity (Wildman–Crippen MR) is 118 cm³/mol. The van der Waals surface area contributed by atoms with Gasteiger partial charge in [-0.05, 0) is 48.9 Å². The van der Waals surface area contributed by atoms with Crippen molar-refractivity contribution in [1.82, 2.24) is 8.96 Å². The molecule has 4 nitrogen and oxygen atoms in total. The van der Waals surface area contributed by atoms with E-state index in [2.05, 4.69) is 4.98 Å². The molecule has 4 rings (SSSR count). The summed E-state index contributed by atoms with van der Waals surface area (Å²) in [5, 5.41) is 0.921. The summed E-state index contributed by atoms with van der Waals surface area (Å²) < 4.78 is 68.4. The molecule has 2 heterocycles. The summed E-state index contributed by atoms with van der Waals surface area (Å²) in [6.07, 6.45) is -4.75. The zero-order chi connectivity index (χ0) is 23.3. The Kier molecular flexibility index (Phi) is 5.73. The van der Waals surface area contributed by atoms with E-state index < -0.39 is 21.9 Å². The molecule has 0 amide bonds. The Labute approximate surface area is 192 Å². The molecular formula is C22H15Cl2F3N2O2S. The van der Waals surface area contributed by atoms with E-state index in [0.29, 0.717) is 15.6 Å². The third kappa shape index (κ3) is 3.98. The molecule has 166 valence electrons. The normalized spacial score (nSPS) is 12.4. The van der Waals surface area contributed by atoms with Crippen molar-refractivity contribution in [3.8, 4) is 0 Å². The highest BCUT2D eigenvalue weighted by Crippen LogP contribution is 2.36. The molecule has 0 aliphatic carbocycles. The van der Waals surface area contributed by atoms with Crippen molar-refractivity contribution < 1.29 is 21.6 Å². The minimum atomic E-state index is -4.74. The highest BCUT2D eigenvalue weighted by atomic mass is 35.5. The fraction of sp³-hybridized carbons (Fsp3) is 0.136. The summed E-state index contributed by atoms with van der Waals surface area (Å²) in [6, 6.07) is 14.6. The molecule has 0 aliphatic rings. The first-order valence-corrected chi connectivity index (χ1v) is 11.5. The number of alkyl halides is 3. The molecule has 4 aromatic rings. The lowest BCUT2D eigenvalue weighted by molar-refractivity contribution is -0.141. The molecule has 32 heavy (non-hydrogen) atoms. The summed E-state index contributed by atoms with van der Waals surface area (Å²) in [5.74, 6) is 0. The van der Waals surface area contributed by atoms with Gasteiger partial charge in [0.25, 0.3) is 10.0 Å². The number of hydrogen-bond acceptors (Lipinski definition) is 3. The van der Waals surface area contributed by atoms with Crippen molar-refractivity contribution in [3.05, 3.63) is 93.4 Å². The van der Waals surface area contributed by atoms with Gasteiger partial charge in [-0.15, -0.1) is 0 Å². The largest absolute Gasteiger partial charge is 0.433 e. The second kappa shape index (κ2) is 8.10. The molecule has 0 bridgehead atoms. The Balaban J connectivity index is 2.06. The van der Waals surface area contributed by atoms with Crippen LogP contribution in [0.1, 0.15) is 22.6 Å². The first kappa shape index (κ1) is 22.6. The summed E-state index contributed by atoms with van der Waals surface area (Å²) >= 11 is 12.5. The average Bonchev–Trinajstić information content (AvgIpc) is 3.10. The molecule has 2 aromatic heterocycles. The molecule has 0 saturated heterocycles. The van der Waals surface area contributed by atoms with Crippen LogP contribution < -0.4 is 0 Å². The van der Waals surface area contributed by atoms with Crippen LogP contribution in [0.4, 0.5) is 13.2 Å².